The molecule has 0 unspecified atom stereocenters. The second-order valence-electron chi connectivity index (χ2n) is 3.75. The summed E-state index contributed by atoms with van der Waals surface area (Å²) in [6, 6.07) is 7.17. The van der Waals surface area contributed by atoms with E-state index in [1.54, 1.807) is 18.2 Å². The molecule has 6 heteroatoms. The number of ether oxygens (including phenoxy) is 1. The maximum absolute atomic E-state index is 8.68. The first-order chi connectivity index (χ1) is 9.36. The number of furan rings is 1. The van der Waals surface area contributed by atoms with Crippen molar-refractivity contribution in [2.75, 3.05) is 0 Å². The third-order valence-electron chi connectivity index (χ3n) is 2.52. The van der Waals surface area contributed by atoms with Crippen LogP contribution in [0.15, 0.2) is 41.4 Å². The molecule has 0 saturated heterocycles. The molecule has 3 heterocycles. The van der Waals surface area contributed by atoms with Gasteiger partial charge in [0.25, 0.3) is 5.88 Å². The monoisotopic (exact) mass is 252 g/mol. The molecule has 0 aliphatic heterocycles. The highest BCUT2D eigenvalue weighted by Crippen LogP contribution is 2.22. The van der Waals surface area contributed by atoms with Crippen molar-refractivity contribution in [2.45, 2.75) is 6.61 Å². The number of hydrogen-bond donors (Lipinski definition) is 0. The number of nitrogens with zero attached hydrogens (tertiary/aromatic N) is 4. The molecule has 0 amide bonds. The normalized spacial score (nSPS) is 10.3. The predicted octanol–water partition coefficient (Wildman–Crippen LogP) is 2.07. The Labute approximate surface area is 108 Å². The van der Waals surface area contributed by atoms with Crippen molar-refractivity contribution >= 4 is 11.1 Å². The summed E-state index contributed by atoms with van der Waals surface area (Å²) < 4.78 is 10.8. The molecule has 0 aliphatic rings. The third kappa shape index (κ3) is 2.21. The highest BCUT2D eigenvalue weighted by Gasteiger charge is 2.08. The van der Waals surface area contributed by atoms with Crippen molar-refractivity contribution in [2.24, 2.45) is 0 Å². The van der Waals surface area contributed by atoms with Crippen molar-refractivity contribution in [3.63, 3.8) is 0 Å². The fourth-order valence-corrected chi connectivity index (χ4v) is 1.59. The topological polar surface area (TPSA) is 84.8 Å². The first kappa shape index (κ1) is 11.2. The summed E-state index contributed by atoms with van der Waals surface area (Å²) in [5.41, 5.74) is 2.42. The lowest BCUT2D eigenvalue weighted by Gasteiger charge is -2.04. The van der Waals surface area contributed by atoms with Gasteiger partial charge >= 0.3 is 0 Å². The lowest BCUT2D eigenvalue weighted by molar-refractivity contribution is 0.288. The zero-order valence-electron chi connectivity index (χ0n) is 9.78. The van der Waals surface area contributed by atoms with Crippen LogP contribution in [0.25, 0.3) is 11.1 Å². The van der Waals surface area contributed by atoms with E-state index in [0.29, 0.717) is 28.2 Å². The Kier molecular flexibility index (Phi) is 2.79. The van der Waals surface area contributed by atoms with Gasteiger partial charge in [-0.2, -0.15) is 10.2 Å². The fourth-order valence-electron chi connectivity index (χ4n) is 1.59. The number of aromatic nitrogens is 3. The van der Waals surface area contributed by atoms with Crippen LogP contribution < -0.4 is 4.74 Å². The number of pyridine rings is 1. The number of fused-ring (bicyclic) bond motifs is 1. The van der Waals surface area contributed by atoms with E-state index in [9.17, 15) is 0 Å². The van der Waals surface area contributed by atoms with Crippen LogP contribution in [-0.4, -0.2) is 15.0 Å². The van der Waals surface area contributed by atoms with Crippen molar-refractivity contribution in [1.82, 2.24) is 15.0 Å². The Balaban J connectivity index is 1.78. The van der Waals surface area contributed by atoms with Crippen molar-refractivity contribution in [3.05, 3.63) is 48.2 Å². The van der Waals surface area contributed by atoms with Gasteiger partial charge in [-0.25, -0.2) is 4.98 Å². The van der Waals surface area contributed by atoms with Gasteiger partial charge in [0.05, 0.1) is 17.5 Å². The molecule has 0 radical (unpaired) electrons. The summed E-state index contributed by atoms with van der Waals surface area (Å²) in [5.74, 6) is 0.376. The molecule has 19 heavy (non-hydrogen) atoms. The van der Waals surface area contributed by atoms with Crippen LogP contribution in [-0.2, 0) is 6.61 Å². The molecule has 0 saturated carbocycles. The molecule has 92 valence electrons. The van der Waals surface area contributed by atoms with Crippen LogP contribution in [0.5, 0.6) is 5.88 Å². The molecule has 3 rings (SSSR count). The predicted molar refractivity (Wildman–Crippen MR) is 65.1 cm³/mol. The van der Waals surface area contributed by atoms with Crippen LogP contribution in [0.3, 0.4) is 0 Å². The Morgan fingerprint density at radius 1 is 1.21 bits per heavy atom. The van der Waals surface area contributed by atoms with Crippen LogP contribution in [0, 0.1) is 11.3 Å². The van der Waals surface area contributed by atoms with E-state index >= 15 is 0 Å². The highest BCUT2D eigenvalue weighted by molar-refractivity contribution is 5.76. The van der Waals surface area contributed by atoms with E-state index in [0.717, 1.165) is 0 Å². The van der Waals surface area contributed by atoms with Gasteiger partial charge in [0, 0.05) is 12.3 Å². The molecule has 6 nitrogen and oxygen atoms in total. The minimum atomic E-state index is 0.249. The minimum absolute atomic E-state index is 0.249. The molecule has 0 spiro atoms. The summed E-state index contributed by atoms with van der Waals surface area (Å²) in [6.45, 7) is 0.249. The van der Waals surface area contributed by atoms with Crippen LogP contribution in [0.2, 0.25) is 0 Å². The minimum Gasteiger partial charge on any atom is -0.468 e. The fraction of sp³-hybridized carbons (Fsp3) is 0.0769. The lowest BCUT2D eigenvalue weighted by atomic mass is 10.3. The molecular weight excluding hydrogens is 244 g/mol. The van der Waals surface area contributed by atoms with Gasteiger partial charge in [0.1, 0.15) is 24.5 Å². The van der Waals surface area contributed by atoms with Gasteiger partial charge in [-0.1, -0.05) is 0 Å². The molecule has 3 aromatic rings. The summed E-state index contributed by atoms with van der Waals surface area (Å²) in [5, 5.41) is 8.68. The summed E-state index contributed by atoms with van der Waals surface area (Å²) in [6.07, 6.45) is 4.45. The quantitative estimate of drug-likeness (QED) is 0.709. The summed E-state index contributed by atoms with van der Waals surface area (Å²) in [7, 11) is 0. The van der Waals surface area contributed by atoms with E-state index in [4.69, 9.17) is 14.4 Å². The summed E-state index contributed by atoms with van der Waals surface area (Å²) >= 11 is 0. The van der Waals surface area contributed by atoms with Gasteiger partial charge in [-0.15, -0.1) is 0 Å². The van der Waals surface area contributed by atoms with Gasteiger partial charge in [0.2, 0.25) is 5.58 Å². The molecule has 0 aliphatic carbocycles. The zero-order valence-corrected chi connectivity index (χ0v) is 9.78. The molecule has 0 bridgehead atoms. The van der Waals surface area contributed by atoms with Crippen LogP contribution >= 0.6 is 0 Å². The molecular formula is C13H8N4O2. The Morgan fingerprint density at radius 3 is 2.95 bits per heavy atom. The first-order valence-corrected chi connectivity index (χ1v) is 5.53. The summed E-state index contributed by atoms with van der Waals surface area (Å²) in [4.78, 5) is 12.2. The smallest absolute Gasteiger partial charge is 0.261 e. The van der Waals surface area contributed by atoms with Crippen LogP contribution in [0.1, 0.15) is 11.3 Å². The maximum Gasteiger partial charge on any atom is 0.261 e. The number of hydrogen-bond acceptors (Lipinski definition) is 6. The lowest BCUT2D eigenvalue weighted by Crippen LogP contribution is -2.00. The number of rotatable bonds is 3. The third-order valence-corrected chi connectivity index (χ3v) is 2.52. The maximum atomic E-state index is 8.68. The van der Waals surface area contributed by atoms with Crippen molar-refractivity contribution < 1.29 is 9.15 Å². The SMILES string of the molecule is N#Cc1ccc(COc2ncnc3ccoc23)nc1. The molecule has 0 fully saturated rings. The van der Waals surface area contributed by atoms with Gasteiger partial charge in [-0.05, 0) is 12.1 Å². The highest BCUT2D eigenvalue weighted by atomic mass is 16.5. The molecule has 0 atom stereocenters. The average Bonchev–Trinajstić information content (AvgIpc) is 2.94. The van der Waals surface area contributed by atoms with Gasteiger partial charge in [-0.3, -0.25) is 4.98 Å². The average molecular weight is 252 g/mol. The van der Waals surface area contributed by atoms with E-state index in [2.05, 4.69) is 15.0 Å². The van der Waals surface area contributed by atoms with Gasteiger partial charge < -0.3 is 9.15 Å². The largest absolute Gasteiger partial charge is 0.468 e. The van der Waals surface area contributed by atoms with Crippen molar-refractivity contribution in [3.8, 4) is 11.9 Å². The Bertz CT molecular complexity index is 743. The first-order valence-electron chi connectivity index (χ1n) is 5.53. The Hall–Kier alpha value is -2.94. The molecule has 0 aromatic carbocycles. The van der Waals surface area contributed by atoms with E-state index < -0.39 is 0 Å². The molecule has 3 aromatic heterocycles. The molecule has 0 N–H and O–H groups in total. The number of nitriles is 1. The van der Waals surface area contributed by atoms with Crippen LogP contribution in [0.4, 0.5) is 0 Å². The van der Waals surface area contributed by atoms with Crippen molar-refractivity contribution in [1.29, 1.82) is 5.26 Å². The second-order valence-corrected chi connectivity index (χ2v) is 3.75. The van der Waals surface area contributed by atoms with E-state index in [1.807, 2.05) is 6.07 Å². The van der Waals surface area contributed by atoms with E-state index in [-0.39, 0.29) is 6.61 Å². The van der Waals surface area contributed by atoms with Gasteiger partial charge in [0.15, 0.2) is 0 Å². The van der Waals surface area contributed by atoms with E-state index in [1.165, 1.54) is 18.8 Å². The standard InChI is InChI=1S/C13H8N4O2/c14-5-9-1-2-10(15-6-9)7-19-13-12-11(3-4-18-12)16-8-17-13/h1-4,6,8H,7H2. The second kappa shape index (κ2) is 4.74. The Morgan fingerprint density at radius 2 is 2.16 bits per heavy atom. The zero-order chi connectivity index (χ0) is 13.1.